The van der Waals surface area contributed by atoms with Crippen molar-refractivity contribution in [3.05, 3.63) is 21.9 Å². The molecule has 0 saturated carbocycles. The molecule has 0 fully saturated rings. The summed E-state index contributed by atoms with van der Waals surface area (Å²) in [6, 6.07) is 3.44. The van der Waals surface area contributed by atoms with Crippen LogP contribution in [0.2, 0.25) is 0 Å². The molecule has 0 unspecified atom stereocenters. The molecule has 5 nitrogen and oxygen atoms in total. The van der Waals surface area contributed by atoms with Crippen molar-refractivity contribution in [1.82, 2.24) is 0 Å². The molecule has 0 aliphatic rings. The largest absolute Gasteiger partial charge is 0.476 e. The van der Waals surface area contributed by atoms with Crippen LogP contribution in [-0.2, 0) is 16.2 Å². The first-order chi connectivity index (χ1) is 6.69. The maximum absolute atomic E-state index is 10.8. The third-order valence-electron chi connectivity index (χ3n) is 1.48. The number of hydrogen-bond donors (Lipinski definition) is 2. The summed E-state index contributed by atoms with van der Waals surface area (Å²) in [5.41, 5.74) is 5.31. The Labute approximate surface area is 84.8 Å². The van der Waals surface area contributed by atoms with Crippen LogP contribution in [0, 0.1) is 0 Å². The van der Waals surface area contributed by atoms with Gasteiger partial charge in [0.1, 0.15) is 7.11 Å². The van der Waals surface area contributed by atoms with Gasteiger partial charge in [0.05, 0.1) is 4.88 Å². The molecule has 0 radical (unpaired) electrons. The van der Waals surface area contributed by atoms with E-state index in [1.54, 1.807) is 12.1 Å². The monoisotopic (exact) mass is 214 g/mol. The van der Waals surface area contributed by atoms with Crippen molar-refractivity contribution in [2.24, 2.45) is 10.9 Å². The highest BCUT2D eigenvalue weighted by atomic mass is 32.1. The molecule has 1 aromatic heterocycles. The van der Waals surface area contributed by atoms with Crippen LogP contribution >= 0.6 is 11.3 Å². The number of aliphatic carboxylic acids is 1. The van der Waals surface area contributed by atoms with E-state index in [0.29, 0.717) is 11.4 Å². The lowest BCUT2D eigenvalue weighted by atomic mass is 10.3. The number of nitrogens with zero attached hydrogens (tertiary/aromatic N) is 1. The van der Waals surface area contributed by atoms with Gasteiger partial charge < -0.3 is 15.7 Å². The van der Waals surface area contributed by atoms with Crippen molar-refractivity contribution >= 4 is 23.0 Å². The second-order valence-corrected chi connectivity index (χ2v) is 3.57. The first-order valence-corrected chi connectivity index (χ1v) is 4.64. The average molecular weight is 214 g/mol. The van der Waals surface area contributed by atoms with Crippen LogP contribution in [0.4, 0.5) is 0 Å². The van der Waals surface area contributed by atoms with E-state index in [9.17, 15) is 4.79 Å². The topological polar surface area (TPSA) is 84.9 Å². The van der Waals surface area contributed by atoms with Crippen molar-refractivity contribution < 1.29 is 14.7 Å². The summed E-state index contributed by atoms with van der Waals surface area (Å²) in [4.78, 5) is 16.6. The Balaban J connectivity index is 3.00. The van der Waals surface area contributed by atoms with E-state index < -0.39 is 5.97 Å². The minimum Gasteiger partial charge on any atom is -0.476 e. The minimum absolute atomic E-state index is 0.0998. The molecule has 1 aromatic rings. The molecule has 0 bridgehead atoms. The molecule has 76 valence electrons. The Bertz CT molecular complexity index is 359. The SMILES string of the molecule is CON=C(C(=O)O)c1ccc(CN)s1. The zero-order valence-corrected chi connectivity index (χ0v) is 8.37. The molecule has 0 atom stereocenters. The van der Waals surface area contributed by atoms with E-state index >= 15 is 0 Å². The van der Waals surface area contributed by atoms with Gasteiger partial charge in [0.25, 0.3) is 0 Å². The smallest absolute Gasteiger partial charge is 0.359 e. The average Bonchev–Trinajstić information content (AvgIpc) is 2.61. The van der Waals surface area contributed by atoms with Gasteiger partial charge in [0, 0.05) is 11.4 Å². The van der Waals surface area contributed by atoms with Crippen LogP contribution < -0.4 is 5.73 Å². The van der Waals surface area contributed by atoms with Gasteiger partial charge in [-0.05, 0) is 12.1 Å². The molecule has 1 rings (SSSR count). The van der Waals surface area contributed by atoms with E-state index in [2.05, 4.69) is 9.99 Å². The van der Waals surface area contributed by atoms with Crippen molar-refractivity contribution in [2.75, 3.05) is 7.11 Å². The molecule has 0 aliphatic heterocycles. The number of nitrogens with two attached hydrogens (primary N) is 1. The number of carbonyl (C=O) groups is 1. The first-order valence-electron chi connectivity index (χ1n) is 3.82. The number of carboxylic acids is 1. The molecule has 6 heteroatoms. The Kier molecular flexibility index (Phi) is 3.61. The Morgan fingerprint density at radius 2 is 2.43 bits per heavy atom. The summed E-state index contributed by atoms with van der Waals surface area (Å²) >= 11 is 1.29. The molecule has 0 amide bonds. The molecule has 0 aliphatic carbocycles. The quantitative estimate of drug-likeness (QED) is 0.569. The van der Waals surface area contributed by atoms with E-state index in [1.165, 1.54) is 18.4 Å². The van der Waals surface area contributed by atoms with Crippen LogP contribution in [0.1, 0.15) is 9.75 Å². The zero-order valence-electron chi connectivity index (χ0n) is 7.56. The lowest BCUT2D eigenvalue weighted by Gasteiger charge is -1.95. The van der Waals surface area contributed by atoms with Gasteiger partial charge in [-0.1, -0.05) is 5.16 Å². The highest BCUT2D eigenvalue weighted by Crippen LogP contribution is 2.17. The van der Waals surface area contributed by atoms with E-state index in [-0.39, 0.29) is 5.71 Å². The second-order valence-electron chi connectivity index (χ2n) is 2.40. The summed E-state index contributed by atoms with van der Waals surface area (Å²) in [7, 11) is 1.31. The maximum atomic E-state index is 10.8. The molecule has 1 heterocycles. The fourth-order valence-corrected chi connectivity index (χ4v) is 1.75. The summed E-state index contributed by atoms with van der Waals surface area (Å²) in [5, 5.41) is 12.2. The molecule has 0 spiro atoms. The summed E-state index contributed by atoms with van der Waals surface area (Å²) in [5.74, 6) is -1.11. The minimum atomic E-state index is -1.11. The second kappa shape index (κ2) is 4.73. The highest BCUT2D eigenvalue weighted by Gasteiger charge is 2.15. The number of rotatable bonds is 4. The molecular weight excluding hydrogens is 204 g/mol. The molecule has 0 aromatic carbocycles. The maximum Gasteiger partial charge on any atom is 0.359 e. The van der Waals surface area contributed by atoms with E-state index in [1.807, 2.05) is 0 Å². The third-order valence-corrected chi connectivity index (χ3v) is 2.60. The van der Waals surface area contributed by atoms with Crippen molar-refractivity contribution in [3.63, 3.8) is 0 Å². The molecular formula is C8H10N2O3S. The summed E-state index contributed by atoms with van der Waals surface area (Å²) in [6.45, 7) is 0.393. The Hall–Kier alpha value is -1.40. The third kappa shape index (κ3) is 2.30. The normalized spacial score (nSPS) is 11.4. The lowest BCUT2D eigenvalue weighted by Crippen LogP contribution is -2.13. The van der Waals surface area contributed by atoms with Crippen LogP contribution in [0.3, 0.4) is 0 Å². The van der Waals surface area contributed by atoms with E-state index in [0.717, 1.165) is 4.88 Å². The summed E-state index contributed by atoms with van der Waals surface area (Å²) < 4.78 is 0. The fourth-order valence-electron chi connectivity index (χ4n) is 0.896. The highest BCUT2D eigenvalue weighted by molar-refractivity contribution is 7.14. The molecule has 0 saturated heterocycles. The fraction of sp³-hybridized carbons (Fsp3) is 0.250. The van der Waals surface area contributed by atoms with E-state index in [4.69, 9.17) is 10.8 Å². The van der Waals surface area contributed by atoms with Crippen molar-refractivity contribution in [1.29, 1.82) is 0 Å². The van der Waals surface area contributed by atoms with Gasteiger partial charge in [-0.25, -0.2) is 4.79 Å². The number of thiophene rings is 1. The van der Waals surface area contributed by atoms with Gasteiger partial charge in [0.2, 0.25) is 5.71 Å². The number of hydrogen-bond acceptors (Lipinski definition) is 5. The van der Waals surface area contributed by atoms with Crippen LogP contribution in [-0.4, -0.2) is 23.9 Å². The molecule has 14 heavy (non-hydrogen) atoms. The van der Waals surface area contributed by atoms with Crippen molar-refractivity contribution in [2.45, 2.75) is 6.54 Å². The van der Waals surface area contributed by atoms with Gasteiger partial charge >= 0.3 is 5.97 Å². The standard InChI is InChI=1S/C8H10N2O3S/c1-13-10-7(8(11)12)6-3-2-5(4-9)14-6/h2-3H,4,9H2,1H3,(H,11,12). The van der Waals surface area contributed by atoms with Crippen LogP contribution in [0.5, 0.6) is 0 Å². The van der Waals surface area contributed by atoms with Gasteiger partial charge in [-0.15, -0.1) is 11.3 Å². The zero-order chi connectivity index (χ0) is 10.6. The number of carboxylic acid groups (broad SMARTS) is 1. The Morgan fingerprint density at radius 1 is 1.71 bits per heavy atom. The number of oxime groups is 1. The van der Waals surface area contributed by atoms with Crippen LogP contribution in [0.15, 0.2) is 17.3 Å². The predicted octanol–water partition coefficient (Wildman–Crippen LogP) is 0.642. The summed E-state index contributed by atoms with van der Waals surface area (Å²) in [6.07, 6.45) is 0. The van der Waals surface area contributed by atoms with Gasteiger partial charge in [-0.2, -0.15) is 0 Å². The lowest BCUT2D eigenvalue weighted by molar-refractivity contribution is -0.129. The Morgan fingerprint density at radius 3 is 2.86 bits per heavy atom. The van der Waals surface area contributed by atoms with Crippen LogP contribution in [0.25, 0.3) is 0 Å². The van der Waals surface area contributed by atoms with Crippen molar-refractivity contribution in [3.8, 4) is 0 Å². The van der Waals surface area contributed by atoms with Gasteiger partial charge in [-0.3, -0.25) is 0 Å². The predicted molar refractivity (Wildman–Crippen MR) is 53.4 cm³/mol. The molecule has 3 N–H and O–H groups in total. The van der Waals surface area contributed by atoms with Gasteiger partial charge in [0.15, 0.2) is 0 Å². The first kappa shape index (κ1) is 10.7.